The van der Waals surface area contributed by atoms with Crippen LogP contribution in [-0.2, 0) is 6.61 Å². The average molecular weight is 267 g/mol. The van der Waals surface area contributed by atoms with Crippen molar-refractivity contribution in [2.75, 3.05) is 0 Å². The van der Waals surface area contributed by atoms with Crippen LogP contribution in [0.25, 0.3) is 0 Å². The third-order valence-corrected chi connectivity index (χ3v) is 3.05. The molecule has 0 atom stereocenters. The number of hydrogen-bond acceptors (Lipinski definition) is 3. The molecule has 1 aromatic heterocycles. The zero-order valence-electron chi connectivity index (χ0n) is 10.3. The van der Waals surface area contributed by atoms with Crippen molar-refractivity contribution in [2.45, 2.75) is 26.4 Å². The van der Waals surface area contributed by atoms with Crippen molar-refractivity contribution in [3.05, 3.63) is 46.6 Å². The highest BCUT2D eigenvalue weighted by molar-refractivity contribution is 6.31. The first-order valence-electron chi connectivity index (χ1n) is 5.73. The summed E-state index contributed by atoms with van der Waals surface area (Å²) in [4.78, 5) is 0.714. The van der Waals surface area contributed by atoms with Gasteiger partial charge in [0.2, 0.25) is 5.88 Å². The summed E-state index contributed by atoms with van der Waals surface area (Å²) < 4.78 is 5.51. The summed E-state index contributed by atoms with van der Waals surface area (Å²) in [7, 11) is 0. The first-order chi connectivity index (χ1) is 8.58. The summed E-state index contributed by atoms with van der Waals surface area (Å²) in [6.07, 6.45) is 1.41. The quantitative estimate of drug-likeness (QED) is 0.862. The van der Waals surface area contributed by atoms with Crippen LogP contribution in [0.5, 0.6) is 5.88 Å². The third kappa shape index (κ3) is 2.76. The van der Waals surface area contributed by atoms with Gasteiger partial charge >= 0.3 is 0 Å². The summed E-state index contributed by atoms with van der Waals surface area (Å²) in [6.45, 7) is 4.55. The first kappa shape index (κ1) is 12.8. The van der Waals surface area contributed by atoms with Crippen LogP contribution in [0.15, 0.2) is 30.5 Å². The molecule has 0 unspecified atom stereocenters. The van der Waals surface area contributed by atoms with Crippen LogP contribution < -0.4 is 4.74 Å². The van der Waals surface area contributed by atoms with Crippen molar-refractivity contribution >= 4 is 11.6 Å². The van der Waals surface area contributed by atoms with E-state index < -0.39 is 0 Å². The maximum absolute atomic E-state index is 9.05. The van der Waals surface area contributed by atoms with E-state index in [-0.39, 0.29) is 0 Å². The van der Waals surface area contributed by atoms with Gasteiger partial charge in [-0.15, -0.1) is 4.85 Å². The van der Waals surface area contributed by atoms with E-state index in [9.17, 15) is 0 Å². The van der Waals surface area contributed by atoms with Gasteiger partial charge in [-0.05, 0) is 17.5 Å². The van der Waals surface area contributed by atoms with Gasteiger partial charge in [-0.2, -0.15) is 0 Å². The third-order valence-electron chi connectivity index (χ3n) is 2.69. The lowest BCUT2D eigenvalue weighted by molar-refractivity contribution is 0.141. The molecule has 0 saturated heterocycles. The second kappa shape index (κ2) is 5.31. The number of hydrogen-bond donors (Lipinski definition) is 1. The fraction of sp³-hybridized carbons (Fsp3) is 0.308. The predicted octanol–water partition coefficient (Wildman–Crippen LogP) is 3.48. The molecule has 0 fully saturated rings. The lowest BCUT2D eigenvalue weighted by atomic mass is 9.98. The maximum Gasteiger partial charge on any atom is 0.236 e. The predicted molar refractivity (Wildman–Crippen MR) is 69.3 cm³/mol. The molecule has 0 spiro atoms. The molecule has 18 heavy (non-hydrogen) atoms. The molecule has 0 aliphatic heterocycles. The SMILES string of the molecule is CC(C)c1cccc(Cl)c1COc1ccn(O)n1. The monoisotopic (exact) mass is 266 g/mol. The van der Waals surface area contributed by atoms with Gasteiger partial charge in [-0.3, -0.25) is 0 Å². The Kier molecular flexibility index (Phi) is 3.77. The Morgan fingerprint density at radius 3 is 2.78 bits per heavy atom. The minimum atomic E-state index is 0.337. The molecule has 0 amide bonds. The number of halogens is 1. The van der Waals surface area contributed by atoms with E-state index in [4.69, 9.17) is 21.5 Å². The minimum Gasteiger partial charge on any atom is -0.472 e. The Hall–Kier alpha value is -1.68. The smallest absolute Gasteiger partial charge is 0.236 e. The second-order valence-electron chi connectivity index (χ2n) is 4.33. The molecule has 1 aromatic carbocycles. The fourth-order valence-electron chi connectivity index (χ4n) is 1.79. The zero-order chi connectivity index (χ0) is 13.1. The Morgan fingerprint density at radius 2 is 2.17 bits per heavy atom. The maximum atomic E-state index is 9.05. The van der Waals surface area contributed by atoms with Gasteiger partial charge in [-0.25, -0.2) is 0 Å². The van der Waals surface area contributed by atoms with Crippen LogP contribution in [-0.4, -0.2) is 15.2 Å². The second-order valence-corrected chi connectivity index (χ2v) is 4.73. The van der Waals surface area contributed by atoms with E-state index in [0.29, 0.717) is 28.3 Å². The summed E-state index contributed by atoms with van der Waals surface area (Å²) in [5.74, 6) is 0.741. The van der Waals surface area contributed by atoms with Gasteiger partial charge in [0, 0.05) is 16.7 Å². The number of nitrogens with zero attached hydrogens (tertiary/aromatic N) is 2. The molecular formula is C13H15ClN2O2. The van der Waals surface area contributed by atoms with Gasteiger partial charge in [0.05, 0.1) is 6.20 Å². The van der Waals surface area contributed by atoms with Crippen molar-refractivity contribution in [2.24, 2.45) is 0 Å². The molecule has 0 radical (unpaired) electrons. The molecule has 2 aromatic rings. The van der Waals surface area contributed by atoms with Crippen molar-refractivity contribution < 1.29 is 9.94 Å². The van der Waals surface area contributed by atoms with Crippen molar-refractivity contribution in [3.63, 3.8) is 0 Å². The molecule has 1 heterocycles. The normalized spacial score (nSPS) is 10.9. The van der Waals surface area contributed by atoms with E-state index in [1.807, 2.05) is 18.2 Å². The topological polar surface area (TPSA) is 47.3 Å². The fourth-order valence-corrected chi connectivity index (χ4v) is 2.03. The van der Waals surface area contributed by atoms with E-state index in [0.717, 1.165) is 11.1 Å². The molecule has 0 bridgehead atoms. The van der Waals surface area contributed by atoms with Gasteiger partial charge in [-0.1, -0.05) is 42.7 Å². The van der Waals surface area contributed by atoms with Crippen LogP contribution in [0.2, 0.25) is 5.02 Å². The molecule has 5 heteroatoms. The molecule has 0 aliphatic carbocycles. The standard InChI is InChI=1S/C13H15ClN2O2/c1-9(2)10-4-3-5-12(14)11(10)8-18-13-6-7-16(17)15-13/h3-7,9,17H,8H2,1-2H3. The van der Waals surface area contributed by atoms with E-state index in [2.05, 4.69) is 18.9 Å². The van der Waals surface area contributed by atoms with Gasteiger partial charge in [0.25, 0.3) is 0 Å². The van der Waals surface area contributed by atoms with Crippen molar-refractivity contribution in [1.29, 1.82) is 0 Å². The van der Waals surface area contributed by atoms with Crippen LogP contribution in [0.4, 0.5) is 0 Å². The number of rotatable bonds is 4. The summed E-state index contributed by atoms with van der Waals surface area (Å²) >= 11 is 6.19. The van der Waals surface area contributed by atoms with Crippen LogP contribution >= 0.6 is 11.6 Å². The van der Waals surface area contributed by atoms with Gasteiger partial charge in [0.15, 0.2) is 0 Å². The summed E-state index contributed by atoms with van der Waals surface area (Å²) in [5.41, 5.74) is 2.12. The van der Waals surface area contributed by atoms with Crippen molar-refractivity contribution in [1.82, 2.24) is 9.94 Å². The van der Waals surface area contributed by atoms with E-state index in [1.54, 1.807) is 6.07 Å². The molecule has 0 saturated carbocycles. The Morgan fingerprint density at radius 1 is 1.39 bits per heavy atom. The highest BCUT2D eigenvalue weighted by atomic mass is 35.5. The summed E-state index contributed by atoms with van der Waals surface area (Å²) in [5, 5.41) is 13.5. The Balaban J connectivity index is 2.18. The molecule has 96 valence electrons. The highest BCUT2D eigenvalue weighted by Crippen LogP contribution is 2.27. The number of ether oxygens (including phenoxy) is 1. The minimum absolute atomic E-state index is 0.337. The van der Waals surface area contributed by atoms with Crippen LogP contribution in [0, 0.1) is 0 Å². The van der Waals surface area contributed by atoms with Gasteiger partial charge in [0.1, 0.15) is 6.61 Å². The average Bonchev–Trinajstić information content (AvgIpc) is 2.73. The molecule has 2 rings (SSSR count). The number of benzene rings is 1. The highest BCUT2D eigenvalue weighted by Gasteiger charge is 2.11. The molecule has 4 nitrogen and oxygen atoms in total. The van der Waals surface area contributed by atoms with E-state index in [1.165, 1.54) is 6.20 Å². The molecule has 0 aliphatic rings. The Bertz CT molecular complexity index is 538. The Labute approximate surface area is 111 Å². The van der Waals surface area contributed by atoms with Crippen LogP contribution in [0.3, 0.4) is 0 Å². The lowest BCUT2D eigenvalue weighted by Gasteiger charge is -2.14. The molecule has 1 N–H and O–H groups in total. The first-order valence-corrected chi connectivity index (χ1v) is 6.10. The largest absolute Gasteiger partial charge is 0.472 e. The van der Waals surface area contributed by atoms with E-state index >= 15 is 0 Å². The number of aromatic nitrogens is 2. The van der Waals surface area contributed by atoms with Crippen molar-refractivity contribution in [3.8, 4) is 5.88 Å². The van der Waals surface area contributed by atoms with Crippen LogP contribution in [0.1, 0.15) is 30.9 Å². The molecular weight excluding hydrogens is 252 g/mol. The summed E-state index contributed by atoms with van der Waals surface area (Å²) in [6, 6.07) is 7.41. The zero-order valence-corrected chi connectivity index (χ0v) is 11.1. The van der Waals surface area contributed by atoms with Gasteiger partial charge < -0.3 is 9.94 Å². The lowest BCUT2D eigenvalue weighted by Crippen LogP contribution is -2.03.